The molecule has 0 aliphatic heterocycles. The van der Waals surface area contributed by atoms with Crippen molar-refractivity contribution in [2.45, 2.75) is 31.1 Å². The predicted octanol–water partition coefficient (Wildman–Crippen LogP) is 4.16. The van der Waals surface area contributed by atoms with Gasteiger partial charge in [-0.25, -0.2) is 13.4 Å². The Balaban J connectivity index is 2.21. The molecular formula is C15H17BrN2O2S. The highest BCUT2D eigenvalue weighted by Gasteiger charge is 2.15. The van der Waals surface area contributed by atoms with Crippen LogP contribution in [0.3, 0.4) is 0 Å². The first-order valence-electron chi connectivity index (χ1n) is 6.66. The molecule has 6 heteroatoms. The molecule has 112 valence electrons. The fourth-order valence-electron chi connectivity index (χ4n) is 1.84. The zero-order valence-corrected chi connectivity index (χ0v) is 14.3. The van der Waals surface area contributed by atoms with Crippen LogP contribution in [0.2, 0.25) is 0 Å². The van der Waals surface area contributed by atoms with Crippen molar-refractivity contribution in [3.05, 3.63) is 52.6 Å². The van der Waals surface area contributed by atoms with E-state index in [1.165, 1.54) is 0 Å². The lowest BCUT2D eigenvalue weighted by Gasteiger charge is -2.11. The van der Waals surface area contributed by atoms with Gasteiger partial charge in [0.2, 0.25) is 0 Å². The first-order valence-corrected chi connectivity index (χ1v) is 8.94. The van der Waals surface area contributed by atoms with Gasteiger partial charge >= 0.3 is 0 Å². The van der Waals surface area contributed by atoms with Gasteiger partial charge in [-0.15, -0.1) is 0 Å². The van der Waals surface area contributed by atoms with Crippen LogP contribution in [-0.4, -0.2) is 13.4 Å². The Morgan fingerprint density at radius 3 is 2.38 bits per heavy atom. The summed E-state index contributed by atoms with van der Waals surface area (Å²) in [5, 5.41) is 0. The molecule has 1 atom stereocenters. The van der Waals surface area contributed by atoms with E-state index in [-0.39, 0.29) is 4.90 Å². The van der Waals surface area contributed by atoms with Crippen molar-refractivity contribution >= 4 is 31.8 Å². The molecule has 0 saturated heterocycles. The molecule has 0 radical (unpaired) electrons. The van der Waals surface area contributed by atoms with Crippen LogP contribution in [0.15, 0.2) is 52.0 Å². The molecule has 1 aromatic carbocycles. The molecule has 0 aliphatic carbocycles. The second kappa shape index (κ2) is 6.58. The zero-order chi connectivity index (χ0) is 15.5. The Morgan fingerprint density at radius 1 is 1.19 bits per heavy atom. The lowest BCUT2D eigenvalue weighted by molar-refractivity contribution is 0.601. The van der Waals surface area contributed by atoms with E-state index < -0.39 is 10.0 Å². The van der Waals surface area contributed by atoms with Crippen LogP contribution in [0.4, 0.5) is 5.82 Å². The van der Waals surface area contributed by atoms with Gasteiger partial charge in [-0.3, -0.25) is 4.72 Å². The van der Waals surface area contributed by atoms with Crippen LogP contribution >= 0.6 is 15.9 Å². The quantitative estimate of drug-likeness (QED) is 0.861. The van der Waals surface area contributed by atoms with Crippen LogP contribution in [-0.2, 0) is 10.0 Å². The highest BCUT2D eigenvalue weighted by Crippen LogP contribution is 2.21. The maximum atomic E-state index is 12.3. The number of anilines is 1. The number of rotatable bonds is 5. The summed E-state index contributed by atoms with van der Waals surface area (Å²) in [6, 6.07) is 10.3. The smallest absolute Gasteiger partial charge is 0.263 e. The third-order valence-corrected chi connectivity index (χ3v) is 5.18. The number of nitrogens with zero attached hydrogens (tertiary/aromatic N) is 1. The van der Waals surface area contributed by atoms with Crippen molar-refractivity contribution in [2.75, 3.05) is 4.72 Å². The van der Waals surface area contributed by atoms with Crippen LogP contribution < -0.4 is 4.72 Å². The van der Waals surface area contributed by atoms with Crippen LogP contribution in [0, 0.1) is 0 Å². The van der Waals surface area contributed by atoms with Crippen molar-refractivity contribution in [1.29, 1.82) is 0 Å². The van der Waals surface area contributed by atoms with Gasteiger partial charge in [-0.2, -0.15) is 0 Å². The minimum atomic E-state index is -3.60. The minimum absolute atomic E-state index is 0.235. The third kappa shape index (κ3) is 4.04. The van der Waals surface area contributed by atoms with Gasteiger partial charge < -0.3 is 0 Å². The molecule has 4 nitrogen and oxygen atoms in total. The Kier molecular flexibility index (Phi) is 5.00. The van der Waals surface area contributed by atoms with Gasteiger partial charge in [0.1, 0.15) is 5.82 Å². The molecule has 0 saturated carbocycles. The molecule has 1 aromatic heterocycles. The monoisotopic (exact) mass is 368 g/mol. The molecule has 21 heavy (non-hydrogen) atoms. The summed E-state index contributed by atoms with van der Waals surface area (Å²) in [4.78, 5) is 4.25. The third-order valence-electron chi connectivity index (χ3n) is 3.34. The number of pyridine rings is 1. The van der Waals surface area contributed by atoms with Crippen molar-refractivity contribution in [3.8, 4) is 0 Å². The summed E-state index contributed by atoms with van der Waals surface area (Å²) >= 11 is 3.26. The summed E-state index contributed by atoms with van der Waals surface area (Å²) < 4.78 is 27.8. The fourth-order valence-corrected chi connectivity index (χ4v) is 3.09. The summed E-state index contributed by atoms with van der Waals surface area (Å²) in [7, 11) is -3.60. The van der Waals surface area contributed by atoms with E-state index in [4.69, 9.17) is 0 Å². The van der Waals surface area contributed by atoms with E-state index in [2.05, 4.69) is 39.5 Å². The van der Waals surface area contributed by atoms with Crippen molar-refractivity contribution in [1.82, 2.24) is 4.98 Å². The van der Waals surface area contributed by atoms with E-state index in [0.29, 0.717) is 11.7 Å². The molecule has 0 amide bonds. The molecule has 1 N–H and O–H groups in total. The molecular weight excluding hydrogens is 352 g/mol. The number of aromatic nitrogens is 1. The number of hydrogen-bond acceptors (Lipinski definition) is 3. The zero-order valence-electron chi connectivity index (χ0n) is 11.9. The molecule has 0 bridgehead atoms. The van der Waals surface area contributed by atoms with E-state index >= 15 is 0 Å². The number of halogens is 1. The van der Waals surface area contributed by atoms with Gasteiger partial charge in [0.25, 0.3) is 10.0 Å². The van der Waals surface area contributed by atoms with Crippen molar-refractivity contribution in [3.63, 3.8) is 0 Å². The van der Waals surface area contributed by atoms with Gasteiger partial charge in [-0.05, 0) is 58.1 Å². The molecule has 1 heterocycles. The van der Waals surface area contributed by atoms with Gasteiger partial charge in [0.15, 0.2) is 0 Å². The topological polar surface area (TPSA) is 59.1 Å². The van der Waals surface area contributed by atoms with Gasteiger partial charge in [-0.1, -0.05) is 26.0 Å². The summed E-state index contributed by atoms with van der Waals surface area (Å²) in [6.07, 6.45) is 2.57. The molecule has 0 aliphatic rings. The maximum absolute atomic E-state index is 12.3. The second-order valence-electron chi connectivity index (χ2n) is 4.85. The Labute approximate surface area is 133 Å². The Morgan fingerprint density at radius 2 is 1.86 bits per heavy atom. The first kappa shape index (κ1) is 16.0. The highest BCUT2D eigenvalue weighted by molar-refractivity contribution is 9.10. The van der Waals surface area contributed by atoms with Crippen molar-refractivity contribution < 1.29 is 8.42 Å². The summed E-state index contributed by atoms with van der Waals surface area (Å²) in [6.45, 7) is 4.23. The van der Waals surface area contributed by atoms with Crippen LogP contribution in [0.25, 0.3) is 0 Å². The lowest BCUT2D eigenvalue weighted by atomic mass is 9.99. The number of nitrogens with one attached hydrogen (secondary N) is 1. The predicted molar refractivity (Wildman–Crippen MR) is 87.9 cm³/mol. The van der Waals surface area contributed by atoms with Crippen LogP contribution in [0.1, 0.15) is 31.7 Å². The number of benzene rings is 1. The fraction of sp³-hybridized carbons (Fsp3) is 0.267. The van der Waals surface area contributed by atoms with E-state index in [1.54, 1.807) is 30.5 Å². The largest absolute Gasteiger partial charge is 0.263 e. The normalized spacial score (nSPS) is 12.9. The Bertz CT molecular complexity index is 697. The molecule has 0 spiro atoms. The van der Waals surface area contributed by atoms with E-state index in [0.717, 1.165) is 16.5 Å². The summed E-state index contributed by atoms with van der Waals surface area (Å²) in [5.41, 5.74) is 1.14. The average Bonchev–Trinajstić information content (AvgIpc) is 2.49. The van der Waals surface area contributed by atoms with Gasteiger partial charge in [0.05, 0.1) is 4.90 Å². The van der Waals surface area contributed by atoms with Crippen molar-refractivity contribution in [2.24, 2.45) is 0 Å². The molecule has 2 aromatic rings. The molecule has 2 rings (SSSR count). The van der Waals surface area contributed by atoms with Gasteiger partial charge in [0, 0.05) is 10.7 Å². The molecule has 1 unspecified atom stereocenters. The minimum Gasteiger partial charge on any atom is -0.263 e. The lowest BCUT2D eigenvalue weighted by Crippen LogP contribution is -2.13. The second-order valence-corrected chi connectivity index (χ2v) is 7.44. The van der Waals surface area contributed by atoms with Crippen LogP contribution in [0.5, 0.6) is 0 Å². The first-order chi connectivity index (χ1) is 9.92. The summed E-state index contributed by atoms with van der Waals surface area (Å²) in [5.74, 6) is 0.715. The number of hydrogen-bond donors (Lipinski definition) is 1. The molecule has 0 fully saturated rings. The number of sulfonamides is 1. The average molecular weight is 369 g/mol. The SMILES string of the molecule is CCC(C)c1ccc(S(=O)(=O)Nc2ccc(Br)cn2)cc1. The van der Waals surface area contributed by atoms with E-state index in [1.807, 2.05) is 12.1 Å². The Hall–Kier alpha value is -1.40. The van der Waals surface area contributed by atoms with E-state index in [9.17, 15) is 8.42 Å². The highest BCUT2D eigenvalue weighted by atomic mass is 79.9. The standard InChI is InChI=1S/C15H17BrN2O2S/c1-3-11(2)12-4-7-14(8-5-12)21(19,20)18-15-9-6-13(16)10-17-15/h4-11H,3H2,1-2H3,(H,17,18). The maximum Gasteiger partial charge on any atom is 0.263 e.